The maximum atomic E-state index is 14.5. The van der Waals surface area contributed by atoms with Crippen molar-refractivity contribution in [2.24, 2.45) is 0 Å². The van der Waals surface area contributed by atoms with Crippen LogP contribution in [0.3, 0.4) is 0 Å². The molecule has 1 fully saturated rings. The van der Waals surface area contributed by atoms with Crippen LogP contribution in [0.4, 0.5) is 11.4 Å². The Kier molecular flexibility index (Phi) is 6.52. The highest BCUT2D eigenvalue weighted by atomic mass is 35.5. The van der Waals surface area contributed by atoms with Crippen molar-refractivity contribution in [2.45, 2.75) is 24.1 Å². The normalized spacial score (nSPS) is 21.0. The minimum absolute atomic E-state index is 0.151. The van der Waals surface area contributed by atoms with Crippen LogP contribution in [0, 0.1) is 0 Å². The molecule has 7 rings (SSSR count). The fraction of sp³-hybridized carbons (Fsp3) is 0.111. The van der Waals surface area contributed by atoms with Crippen LogP contribution in [-0.2, 0) is 10.3 Å². The van der Waals surface area contributed by atoms with E-state index in [1.54, 1.807) is 0 Å². The van der Waals surface area contributed by atoms with Crippen LogP contribution in [0.2, 0.25) is 5.02 Å². The molecule has 206 valence electrons. The summed E-state index contributed by atoms with van der Waals surface area (Å²) in [5.41, 5.74) is 2.84. The molecule has 0 unspecified atom stereocenters. The Hall–Kier alpha value is -4.87. The molecule has 0 spiro atoms. The largest absolute Gasteiger partial charge is 0.478 e. The average Bonchev–Trinajstić information content (AvgIpc) is 3.16. The van der Waals surface area contributed by atoms with Crippen LogP contribution in [0.1, 0.15) is 33.9 Å². The van der Waals surface area contributed by atoms with Gasteiger partial charge in [0.15, 0.2) is 0 Å². The molecule has 6 heteroatoms. The molecule has 2 aliphatic rings. The fourth-order valence-corrected chi connectivity index (χ4v) is 6.47. The Morgan fingerprint density at radius 1 is 0.714 bits per heavy atom. The first-order valence-electron chi connectivity index (χ1n) is 13.9. The number of para-hydroxylation sites is 3. The van der Waals surface area contributed by atoms with Gasteiger partial charge in [-0.2, -0.15) is 0 Å². The standard InChI is InChI=1S/C36H27ClN2O3/c37-28-22-20-25(21-23-28)32-24-36(27-14-6-2-7-15-27)33(42-29-16-8-3-9-17-29)35(41)39(36)31-19-11-10-18-30(31)38(32)34(40)26-12-4-1-5-13-26/h1-23,32-33H,24H2/t32-,33-,36-/m1/s1. The van der Waals surface area contributed by atoms with E-state index in [0.717, 1.165) is 11.1 Å². The maximum absolute atomic E-state index is 14.5. The number of halogens is 1. The summed E-state index contributed by atoms with van der Waals surface area (Å²) in [5, 5.41) is 0.609. The van der Waals surface area contributed by atoms with E-state index in [0.29, 0.717) is 34.1 Å². The monoisotopic (exact) mass is 570 g/mol. The SMILES string of the molecule is O=C(c1ccccc1)N1c2ccccc2N2C(=O)[C@@H](Oc3ccccc3)[C@]2(c2ccccc2)C[C@@H]1c1ccc(Cl)cc1. The summed E-state index contributed by atoms with van der Waals surface area (Å²) < 4.78 is 6.53. The number of benzene rings is 5. The maximum Gasteiger partial charge on any atom is 0.271 e. The Labute approximate surface area is 249 Å². The lowest BCUT2D eigenvalue weighted by Gasteiger charge is -2.56. The third-order valence-corrected chi connectivity index (χ3v) is 8.49. The number of nitrogens with zero attached hydrogens (tertiary/aromatic N) is 2. The van der Waals surface area contributed by atoms with Gasteiger partial charge in [-0.25, -0.2) is 0 Å². The minimum Gasteiger partial charge on any atom is -0.478 e. The third kappa shape index (κ3) is 4.16. The second-order valence-corrected chi connectivity index (χ2v) is 11.0. The van der Waals surface area contributed by atoms with Crippen LogP contribution in [-0.4, -0.2) is 17.9 Å². The number of hydrogen-bond acceptors (Lipinski definition) is 3. The molecule has 5 aromatic carbocycles. The Bertz CT molecular complexity index is 1750. The second kappa shape index (κ2) is 10.5. The van der Waals surface area contributed by atoms with Crippen LogP contribution in [0.15, 0.2) is 140 Å². The summed E-state index contributed by atoms with van der Waals surface area (Å²) in [6.45, 7) is 0. The molecule has 0 aliphatic carbocycles. The van der Waals surface area contributed by atoms with Crippen molar-refractivity contribution < 1.29 is 14.3 Å². The highest BCUT2D eigenvalue weighted by Crippen LogP contribution is 2.57. The molecule has 1 saturated heterocycles. The van der Waals surface area contributed by atoms with E-state index >= 15 is 0 Å². The summed E-state index contributed by atoms with van der Waals surface area (Å²) in [6, 6.07) is 43.5. The quantitative estimate of drug-likeness (QED) is 0.202. The molecule has 0 radical (unpaired) electrons. The van der Waals surface area contributed by atoms with Crippen LogP contribution in [0.25, 0.3) is 0 Å². The van der Waals surface area contributed by atoms with E-state index in [-0.39, 0.29) is 11.8 Å². The summed E-state index contributed by atoms with van der Waals surface area (Å²) in [5.74, 6) is 0.310. The van der Waals surface area contributed by atoms with Gasteiger partial charge in [-0.05, 0) is 59.7 Å². The Morgan fingerprint density at radius 3 is 1.95 bits per heavy atom. The van der Waals surface area contributed by atoms with E-state index in [1.807, 2.05) is 149 Å². The number of amides is 2. The predicted octanol–water partition coefficient (Wildman–Crippen LogP) is 7.82. The number of rotatable bonds is 5. The molecule has 0 saturated carbocycles. The van der Waals surface area contributed by atoms with E-state index in [1.165, 1.54) is 0 Å². The zero-order valence-electron chi connectivity index (χ0n) is 22.6. The van der Waals surface area contributed by atoms with Gasteiger partial charge in [-0.15, -0.1) is 0 Å². The summed E-state index contributed by atoms with van der Waals surface area (Å²) in [7, 11) is 0. The number of carbonyl (C=O) groups is 2. The highest BCUT2D eigenvalue weighted by Gasteiger charge is 2.66. The Morgan fingerprint density at radius 2 is 1.29 bits per heavy atom. The molecular weight excluding hydrogens is 544 g/mol. The molecular formula is C36H27ClN2O3. The van der Waals surface area contributed by atoms with E-state index in [2.05, 4.69) is 0 Å². The zero-order valence-corrected chi connectivity index (χ0v) is 23.4. The summed E-state index contributed by atoms with van der Waals surface area (Å²) in [4.78, 5) is 32.3. The van der Waals surface area contributed by atoms with E-state index < -0.39 is 17.7 Å². The molecule has 5 aromatic rings. The molecule has 0 bridgehead atoms. The third-order valence-electron chi connectivity index (χ3n) is 8.24. The van der Waals surface area contributed by atoms with Gasteiger partial charge in [0.25, 0.3) is 11.8 Å². The van der Waals surface area contributed by atoms with Crippen molar-refractivity contribution in [1.82, 2.24) is 0 Å². The van der Waals surface area contributed by atoms with Gasteiger partial charge >= 0.3 is 0 Å². The zero-order chi connectivity index (χ0) is 28.7. The lowest BCUT2D eigenvalue weighted by Crippen LogP contribution is -2.74. The van der Waals surface area contributed by atoms with Gasteiger partial charge in [0.05, 0.1) is 17.4 Å². The predicted molar refractivity (Wildman–Crippen MR) is 165 cm³/mol. The first-order valence-corrected chi connectivity index (χ1v) is 14.3. The number of anilines is 2. The molecule has 42 heavy (non-hydrogen) atoms. The number of β-lactam (4-membered cyclic amide) rings is 1. The van der Waals surface area contributed by atoms with Gasteiger partial charge in [0.1, 0.15) is 11.3 Å². The minimum atomic E-state index is -0.902. The molecule has 2 aliphatic heterocycles. The first-order chi connectivity index (χ1) is 20.6. The van der Waals surface area contributed by atoms with Gasteiger partial charge in [0, 0.05) is 17.0 Å². The van der Waals surface area contributed by atoms with Crippen molar-refractivity contribution >= 4 is 34.8 Å². The molecule has 2 amide bonds. The average molecular weight is 571 g/mol. The van der Waals surface area contributed by atoms with Crippen LogP contribution >= 0.6 is 11.6 Å². The van der Waals surface area contributed by atoms with Crippen molar-refractivity contribution in [3.63, 3.8) is 0 Å². The molecule has 5 nitrogen and oxygen atoms in total. The number of fused-ring (bicyclic) bond motifs is 3. The summed E-state index contributed by atoms with van der Waals surface area (Å²) >= 11 is 6.32. The van der Waals surface area contributed by atoms with Gasteiger partial charge < -0.3 is 4.74 Å². The molecule has 0 aromatic heterocycles. The van der Waals surface area contributed by atoms with Crippen molar-refractivity contribution in [2.75, 3.05) is 9.80 Å². The van der Waals surface area contributed by atoms with Gasteiger partial charge in [-0.1, -0.05) is 103 Å². The summed E-state index contributed by atoms with van der Waals surface area (Å²) in [6.07, 6.45) is -0.410. The van der Waals surface area contributed by atoms with Crippen molar-refractivity contribution in [3.05, 3.63) is 161 Å². The second-order valence-electron chi connectivity index (χ2n) is 10.6. The molecule has 3 atom stereocenters. The van der Waals surface area contributed by atoms with Gasteiger partial charge in [0.2, 0.25) is 6.10 Å². The van der Waals surface area contributed by atoms with Gasteiger partial charge in [-0.3, -0.25) is 19.4 Å². The number of carbonyl (C=O) groups excluding carboxylic acids is 2. The fourth-order valence-electron chi connectivity index (χ4n) is 6.34. The smallest absolute Gasteiger partial charge is 0.271 e. The lowest BCUT2D eigenvalue weighted by atomic mass is 9.70. The Balaban J connectivity index is 1.48. The van der Waals surface area contributed by atoms with Crippen LogP contribution < -0.4 is 14.5 Å². The van der Waals surface area contributed by atoms with Crippen molar-refractivity contribution in [1.29, 1.82) is 0 Å². The highest BCUT2D eigenvalue weighted by molar-refractivity contribution is 6.30. The topological polar surface area (TPSA) is 49.9 Å². The molecule has 2 heterocycles. The number of ether oxygens (including phenoxy) is 1. The van der Waals surface area contributed by atoms with E-state index in [9.17, 15) is 9.59 Å². The molecule has 0 N–H and O–H groups in total. The number of hydrogen-bond donors (Lipinski definition) is 0. The van der Waals surface area contributed by atoms with Crippen molar-refractivity contribution in [3.8, 4) is 5.75 Å². The van der Waals surface area contributed by atoms with E-state index in [4.69, 9.17) is 16.3 Å². The van der Waals surface area contributed by atoms with Crippen LogP contribution in [0.5, 0.6) is 5.75 Å². The first kappa shape index (κ1) is 26.1. The lowest BCUT2D eigenvalue weighted by molar-refractivity contribution is -0.142.